The van der Waals surface area contributed by atoms with Crippen molar-refractivity contribution in [3.8, 4) is 0 Å². The van der Waals surface area contributed by atoms with Crippen molar-refractivity contribution in [2.75, 3.05) is 18.4 Å². The lowest BCUT2D eigenvalue weighted by molar-refractivity contribution is -0.137. The van der Waals surface area contributed by atoms with E-state index in [1.807, 2.05) is 0 Å². The minimum atomic E-state index is -4.49. The summed E-state index contributed by atoms with van der Waals surface area (Å²) in [7, 11) is 0. The molecule has 1 aromatic carbocycles. The van der Waals surface area contributed by atoms with E-state index in [0.29, 0.717) is 13.1 Å². The zero-order chi connectivity index (χ0) is 15.5. The molecule has 21 heavy (non-hydrogen) atoms. The molecule has 0 unspecified atom stereocenters. The quantitative estimate of drug-likeness (QED) is 0.794. The van der Waals surface area contributed by atoms with Crippen LogP contribution in [0.15, 0.2) is 18.2 Å². The Balaban J connectivity index is 2.11. The van der Waals surface area contributed by atoms with Gasteiger partial charge in [0.2, 0.25) is 0 Å². The van der Waals surface area contributed by atoms with Crippen molar-refractivity contribution in [2.24, 2.45) is 0 Å². The van der Waals surface area contributed by atoms with E-state index in [4.69, 9.17) is 11.6 Å². The number of benzene rings is 1. The average molecular weight is 321 g/mol. The number of nitrogens with zero attached hydrogens (tertiary/aromatic N) is 1. The summed E-state index contributed by atoms with van der Waals surface area (Å²) in [5.74, 6) is 0. The highest BCUT2D eigenvalue weighted by atomic mass is 35.5. The molecule has 1 aliphatic rings. The van der Waals surface area contributed by atoms with Crippen molar-refractivity contribution >= 4 is 23.3 Å². The Hall–Kier alpha value is -1.43. The maximum Gasteiger partial charge on any atom is 0.416 e. The molecule has 116 valence electrons. The molecule has 0 atom stereocenters. The molecule has 2 amide bonds. The molecule has 2 rings (SSSR count). The average Bonchev–Trinajstić information content (AvgIpc) is 2.65. The molecule has 1 fully saturated rings. The highest BCUT2D eigenvalue weighted by Gasteiger charge is 2.31. The summed E-state index contributed by atoms with van der Waals surface area (Å²) in [6, 6.07) is 2.66. The second-order valence-electron chi connectivity index (χ2n) is 5.06. The van der Waals surface area contributed by atoms with Crippen LogP contribution in [-0.2, 0) is 6.18 Å². The molecule has 1 N–H and O–H groups in total. The second-order valence-corrected chi connectivity index (χ2v) is 5.49. The fourth-order valence-electron chi connectivity index (χ4n) is 2.30. The van der Waals surface area contributed by atoms with Gasteiger partial charge >= 0.3 is 12.2 Å². The minimum Gasteiger partial charge on any atom is -0.325 e. The van der Waals surface area contributed by atoms with Crippen LogP contribution in [0.2, 0.25) is 5.02 Å². The fourth-order valence-corrected chi connectivity index (χ4v) is 2.54. The molecule has 0 aliphatic carbocycles. The van der Waals surface area contributed by atoms with E-state index in [1.54, 1.807) is 4.90 Å². The summed E-state index contributed by atoms with van der Waals surface area (Å²) >= 11 is 5.69. The highest BCUT2D eigenvalue weighted by molar-refractivity contribution is 6.31. The normalized spacial score (nSPS) is 16.5. The maximum absolute atomic E-state index is 12.7. The molecule has 0 spiro atoms. The molecule has 0 saturated carbocycles. The number of amides is 2. The van der Waals surface area contributed by atoms with E-state index in [0.717, 1.165) is 37.8 Å². The number of alkyl halides is 3. The van der Waals surface area contributed by atoms with Crippen LogP contribution in [0.5, 0.6) is 0 Å². The van der Waals surface area contributed by atoms with Crippen LogP contribution in [0.4, 0.5) is 23.7 Å². The van der Waals surface area contributed by atoms with Crippen molar-refractivity contribution < 1.29 is 18.0 Å². The van der Waals surface area contributed by atoms with Crippen LogP contribution in [-0.4, -0.2) is 24.0 Å². The van der Waals surface area contributed by atoms with Crippen molar-refractivity contribution in [2.45, 2.75) is 31.9 Å². The first-order chi connectivity index (χ1) is 9.86. The lowest BCUT2D eigenvalue weighted by atomic mass is 10.2. The Bertz CT molecular complexity index is 511. The molecular weight excluding hydrogens is 305 g/mol. The zero-order valence-electron chi connectivity index (χ0n) is 11.3. The number of carbonyl (C=O) groups excluding carboxylic acids is 1. The van der Waals surface area contributed by atoms with Crippen LogP contribution in [0.25, 0.3) is 0 Å². The number of hydrogen-bond donors (Lipinski definition) is 1. The first kappa shape index (κ1) is 15.9. The van der Waals surface area contributed by atoms with Gasteiger partial charge in [-0.25, -0.2) is 4.79 Å². The Kier molecular flexibility index (Phi) is 4.98. The van der Waals surface area contributed by atoms with E-state index in [-0.39, 0.29) is 16.7 Å². The number of likely N-dealkylation sites (tertiary alicyclic amines) is 1. The third-order valence-corrected chi connectivity index (χ3v) is 3.59. The topological polar surface area (TPSA) is 32.3 Å². The number of rotatable bonds is 1. The number of nitrogens with one attached hydrogen (secondary N) is 1. The molecule has 1 aromatic rings. The van der Waals surface area contributed by atoms with Crippen molar-refractivity contribution in [3.63, 3.8) is 0 Å². The summed E-state index contributed by atoms with van der Waals surface area (Å²) in [6.07, 6.45) is -0.529. The Morgan fingerprint density at radius 3 is 2.29 bits per heavy atom. The predicted molar refractivity (Wildman–Crippen MR) is 75.5 cm³/mol. The molecule has 0 radical (unpaired) electrons. The van der Waals surface area contributed by atoms with Crippen LogP contribution in [0, 0.1) is 0 Å². The highest BCUT2D eigenvalue weighted by Crippen LogP contribution is 2.33. The Morgan fingerprint density at radius 2 is 1.71 bits per heavy atom. The van der Waals surface area contributed by atoms with Crippen LogP contribution < -0.4 is 5.32 Å². The number of halogens is 4. The van der Waals surface area contributed by atoms with Crippen molar-refractivity contribution in [3.05, 3.63) is 28.8 Å². The number of urea groups is 1. The Morgan fingerprint density at radius 1 is 1.10 bits per heavy atom. The van der Waals surface area contributed by atoms with Crippen LogP contribution in [0.3, 0.4) is 0 Å². The lowest BCUT2D eigenvalue weighted by Gasteiger charge is -2.21. The standard InChI is InChI=1S/C14H16ClF3N2O/c15-11-7-10(14(16,17)18)8-12(9-11)19-13(21)20-5-3-1-2-4-6-20/h7-9H,1-6H2,(H,19,21). The van der Waals surface area contributed by atoms with E-state index in [2.05, 4.69) is 5.32 Å². The first-order valence-corrected chi connectivity index (χ1v) is 7.18. The van der Waals surface area contributed by atoms with Gasteiger partial charge < -0.3 is 10.2 Å². The zero-order valence-corrected chi connectivity index (χ0v) is 12.1. The molecule has 0 aromatic heterocycles. The van der Waals surface area contributed by atoms with Crippen molar-refractivity contribution in [1.29, 1.82) is 0 Å². The molecule has 1 heterocycles. The van der Waals surface area contributed by atoms with Gasteiger partial charge in [-0.2, -0.15) is 13.2 Å². The smallest absolute Gasteiger partial charge is 0.325 e. The monoisotopic (exact) mass is 320 g/mol. The molecule has 0 bridgehead atoms. The number of anilines is 1. The summed E-state index contributed by atoms with van der Waals surface area (Å²) in [4.78, 5) is 13.7. The summed E-state index contributed by atoms with van der Waals surface area (Å²) in [5.41, 5.74) is -0.815. The van der Waals surface area contributed by atoms with Gasteiger partial charge in [-0.1, -0.05) is 24.4 Å². The van der Waals surface area contributed by atoms with Gasteiger partial charge in [-0.15, -0.1) is 0 Å². The minimum absolute atomic E-state index is 0.0593. The van der Waals surface area contributed by atoms with Gasteiger partial charge in [-0.05, 0) is 31.0 Å². The van der Waals surface area contributed by atoms with Gasteiger partial charge in [0.15, 0.2) is 0 Å². The largest absolute Gasteiger partial charge is 0.416 e. The molecule has 1 saturated heterocycles. The predicted octanol–water partition coefficient (Wildman–Crippen LogP) is 4.77. The van der Waals surface area contributed by atoms with Gasteiger partial charge in [0.25, 0.3) is 0 Å². The van der Waals surface area contributed by atoms with Crippen LogP contribution in [0.1, 0.15) is 31.2 Å². The molecule has 3 nitrogen and oxygen atoms in total. The van der Waals surface area contributed by atoms with Gasteiger partial charge in [0.1, 0.15) is 0 Å². The molecule has 1 aliphatic heterocycles. The van der Waals surface area contributed by atoms with E-state index in [1.165, 1.54) is 6.07 Å². The summed E-state index contributed by atoms with van der Waals surface area (Å²) in [6.45, 7) is 1.25. The van der Waals surface area contributed by atoms with Gasteiger partial charge in [0, 0.05) is 23.8 Å². The molecular formula is C14H16ClF3N2O. The second kappa shape index (κ2) is 6.56. The third kappa shape index (κ3) is 4.52. The summed E-state index contributed by atoms with van der Waals surface area (Å²) < 4.78 is 38.1. The van der Waals surface area contributed by atoms with Crippen LogP contribution >= 0.6 is 11.6 Å². The molecule has 7 heteroatoms. The number of hydrogen-bond acceptors (Lipinski definition) is 1. The number of carbonyl (C=O) groups is 1. The van der Waals surface area contributed by atoms with Gasteiger partial charge in [0.05, 0.1) is 5.56 Å². The van der Waals surface area contributed by atoms with Gasteiger partial charge in [-0.3, -0.25) is 0 Å². The summed E-state index contributed by atoms with van der Waals surface area (Å²) in [5, 5.41) is 2.44. The maximum atomic E-state index is 12.7. The van der Waals surface area contributed by atoms with E-state index < -0.39 is 11.7 Å². The van der Waals surface area contributed by atoms with E-state index in [9.17, 15) is 18.0 Å². The van der Waals surface area contributed by atoms with E-state index >= 15 is 0 Å². The third-order valence-electron chi connectivity index (χ3n) is 3.37. The van der Waals surface area contributed by atoms with Crippen molar-refractivity contribution in [1.82, 2.24) is 4.90 Å². The SMILES string of the molecule is O=C(Nc1cc(Cl)cc(C(F)(F)F)c1)N1CCCCCC1. The first-order valence-electron chi connectivity index (χ1n) is 6.80. The fraction of sp³-hybridized carbons (Fsp3) is 0.500. The lowest BCUT2D eigenvalue weighted by Crippen LogP contribution is -2.35. The Labute approximate surface area is 126 Å².